The Hall–Kier alpha value is -3.64. The molecule has 1 aliphatic heterocycles. The molecule has 1 saturated heterocycles. The molecule has 1 fully saturated rings. The van der Waals surface area contributed by atoms with Gasteiger partial charge in [0.25, 0.3) is 0 Å². The molecule has 0 bridgehead atoms. The van der Waals surface area contributed by atoms with Gasteiger partial charge in [0.05, 0.1) is 6.10 Å². The molecule has 1 atom stereocenters. The van der Waals surface area contributed by atoms with Gasteiger partial charge in [-0.05, 0) is 92.8 Å². The predicted octanol–water partition coefficient (Wildman–Crippen LogP) is 6.72. The number of ether oxygens (including phenoxy) is 2. The molecule has 1 aliphatic rings. The van der Waals surface area contributed by atoms with Gasteiger partial charge in [0.2, 0.25) is 0 Å². The summed E-state index contributed by atoms with van der Waals surface area (Å²) in [6.45, 7) is 11.6. The highest BCUT2D eigenvalue weighted by atomic mass is 16.6. The van der Waals surface area contributed by atoms with Gasteiger partial charge in [0, 0.05) is 52.8 Å². The number of carbonyl (C=O) groups is 1. The van der Waals surface area contributed by atoms with Gasteiger partial charge in [0.15, 0.2) is 5.78 Å². The van der Waals surface area contributed by atoms with Crippen LogP contribution >= 0.6 is 0 Å². The molecule has 37 heavy (non-hydrogen) atoms. The third-order valence-corrected chi connectivity index (χ3v) is 6.95. The van der Waals surface area contributed by atoms with Crippen LogP contribution in [0.25, 0.3) is 21.8 Å². The van der Waals surface area contributed by atoms with Crippen LogP contribution < -0.4 is 4.74 Å². The summed E-state index contributed by atoms with van der Waals surface area (Å²) in [5.41, 5.74) is 6.06. The van der Waals surface area contributed by atoms with Gasteiger partial charge in [-0.2, -0.15) is 0 Å². The van der Waals surface area contributed by atoms with Crippen molar-refractivity contribution in [3.63, 3.8) is 0 Å². The quantitative estimate of drug-likeness (QED) is 0.153. The summed E-state index contributed by atoms with van der Waals surface area (Å²) >= 11 is 0. The fraction of sp³-hybridized carbons (Fsp3) is 0.355. The normalized spacial score (nSPS) is 14.9. The Morgan fingerprint density at radius 2 is 1.81 bits per heavy atom. The Labute approximate surface area is 218 Å². The average molecular weight is 501 g/mol. The Kier molecular flexibility index (Phi) is 8.62. The van der Waals surface area contributed by atoms with Gasteiger partial charge in [-0.1, -0.05) is 13.0 Å². The lowest BCUT2D eigenvalue weighted by Gasteiger charge is -2.13. The molecule has 3 aromatic carbocycles. The molecular weight excluding hydrogens is 464 g/mol. The van der Waals surface area contributed by atoms with Crippen molar-refractivity contribution in [1.29, 1.82) is 0 Å². The zero-order valence-electron chi connectivity index (χ0n) is 22.3. The van der Waals surface area contributed by atoms with Crippen LogP contribution in [-0.4, -0.2) is 43.5 Å². The Bertz CT molecular complexity index is 1400. The van der Waals surface area contributed by atoms with Gasteiger partial charge in [-0.25, -0.2) is 0 Å². The van der Waals surface area contributed by atoms with E-state index in [2.05, 4.69) is 65.5 Å². The largest absolute Gasteiger partial charge is 0.491 e. The Balaban J connectivity index is 0.000000747. The molecule has 1 unspecified atom stereocenters. The number of hydrogen-bond donors (Lipinski definition) is 0. The van der Waals surface area contributed by atoms with E-state index < -0.39 is 0 Å². The fourth-order valence-corrected chi connectivity index (χ4v) is 4.95. The number of fused-ring (bicyclic) bond motifs is 3. The molecule has 0 aliphatic carbocycles. The second-order valence-electron chi connectivity index (χ2n) is 9.24. The first-order valence-electron chi connectivity index (χ1n) is 12.9. The van der Waals surface area contributed by atoms with Crippen molar-refractivity contribution < 1.29 is 19.1 Å². The minimum absolute atomic E-state index is 0.0455. The highest BCUT2D eigenvalue weighted by molar-refractivity contribution is 6.15. The molecule has 6 heteroatoms. The van der Waals surface area contributed by atoms with E-state index in [9.17, 15) is 4.79 Å². The molecule has 0 amide bonds. The summed E-state index contributed by atoms with van der Waals surface area (Å²) < 4.78 is 13.9. The molecule has 5 rings (SSSR count). The number of rotatable bonds is 8. The second-order valence-corrected chi connectivity index (χ2v) is 9.24. The number of oxime groups is 1. The third-order valence-electron chi connectivity index (χ3n) is 6.95. The molecule has 194 valence electrons. The van der Waals surface area contributed by atoms with Crippen LogP contribution in [0.1, 0.15) is 53.7 Å². The van der Waals surface area contributed by atoms with E-state index in [1.165, 1.54) is 29.1 Å². The second kappa shape index (κ2) is 12.1. The smallest absolute Gasteiger partial charge is 0.193 e. The lowest BCUT2D eigenvalue weighted by atomic mass is 9.97. The predicted molar refractivity (Wildman–Crippen MR) is 150 cm³/mol. The van der Waals surface area contributed by atoms with Crippen LogP contribution in [0.2, 0.25) is 0 Å². The minimum Gasteiger partial charge on any atom is -0.491 e. The molecule has 6 nitrogen and oxygen atoms in total. The zero-order valence-corrected chi connectivity index (χ0v) is 22.3. The van der Waals surface area contributed by atoms with Crippen molar-refractivity contribution >= 4 is 34.3 Å². The van der Waals surface area contributed by atoms with E-state index in [0.29, 0.717) is 12.2 Å². The number of benzene rings is 3. The molecule has 1 aromatic heterocycles. The van der Waals surface area contributed by atoms with Gasteiger partial charge in [0.1, 0.15) is 19.5 Å². The maximum atomic E-state index is 13.5. The fourth-order valence-electron chi connectivity index (χ4n) is 4.95. The van der Waals surface area contributed by atoms with Crippen molar-refractivity contribution in [1.82, 2.24) is 4.57 Å². The van der Waals surface area contributed by atoms with Crippen molar-refractivity contribution in [2.45, 2.75) is 52.7 Å². The summed E-state index contributed by atoms with van der Waals surface area (Å²) in [6.07, 6.45) is 3.32. The SMILES string of the molecule is C=NOC.CCc1ccc2c(c1)c1cc(C(=O)c3ccc(OCC4CCCO4)cc3C)ccc1n2CC. The zero-order chi connectivity index (χ0) is 26.4. The number of carbonyl (C=O) groups excluding carboxylic acids is 1. The minimum atomic E-state index is 0.0455. The van der Waals surface area contributed by atoms with E-state index >= 15 is 0 Å². The van der Waals surface area contributed by atoms with E-state index in [1.807, 2.05) is 31.2 Å². The third kappa shape index (κ3) is 5.70. The topological polar surface area (TPSA) is 62.1 Å². The standard InChI is InChI=1S/C29H31NO3.C2H5NO/c1-4-20-8-12-27-25(16-20)26-17-21(9-13-28(26)30(27)5-2)29(31)24-11-10-22(15-19(24)3)33-18-23-7-6-14-32-23;1-3-4-2/h8-13,15-17,23H,4-7,14,18H2,1-3H3;1H2,2H3. The van der Waals surface area contributed by atoms with E-state index in [0.717, 1.165) is 54.7 Å². The van der Waals surface area contributed by atoms with Gasteiger partial charge in [-0.15, -0.1) is 5.16 Å². The average Bonchev–Trinajstić information content (AvgIpc) is 3.56. The highest BCUT2D eigenvalue weighted by Gasteiger charge is 2.18. The Morgan fingerprint density at radius 3 is 2.43 bits per heavy atom. The maximum absolute atomic E-state index is 13.5. The summed E-state index contributed by atoms with van der Waals surface area (Å²) in [5, 5.41) is 5.35. The molecule has 0 saturated carbocycles. The van der Waals surface area contributed by atoms with Crippen LogP contribution in [-0.2, 0) is 22.5 Å². The maximum Gasteiger partial charge on any atom is 0.193 e. The molecule has 0 radical (unpaired) electrons. The molecule has 4 aromatic rings. The first-order chi connectivity index (χ1) is 18.0. The highest BCUT2D eigenvalue weighted by Crippen LogP contribution is 2.32. The molecule has 2 heterocycles. The van der Waals surface area contributed by atoms with Crippen LogP contribution in [0.3, 0.4) is 0 Å². The van der Waals surface area contributed by atoms with E-state index in [-0.39, 0.29) is 11.9 Å². The van der Waals surface area contributed by atoms with Crippen molar-refractivity contribution in [2.75, 3.05) is 20.3 Å². The summed E-state index contributed by atoms with van der Waals surface area (Å²) in [4.78, 5) is 17.5. The first-order valence-corrected chi connectivity index (χ1v) is 12.9. The van der Waals surface area contributed by atoms with Crippen LogP contribution in [0.5, 0.6) is 5.75 Å². The Morgan fingerprint density at radius 1 is 1.08 bits per heavy atom. The number of aryl methyl sites for hydroxylation is 3. The van der Waals surface area contributed by atoms with E-state index in [1.54, 1.807) is 0 Å². The van der Waals surface area contributed by atoms with Crippen LogP contribution in [0, 0.1) is 6.92 Å². The summed E-state index contributed by atoms with van der Waals surface area (Å²) in [5.74, 6) is 0.831. The van der Waals surface area contributed by atoms with E-state index in [4.69, 9.17) is 9.47 Å². The van der Waals surface area contributed by atoms with Gasteiger partial charge >= 0.3 is 0 Å². The lowest BCUT2D eigenvalue weighted by molar-refractivity contribution is 0.0679. The van der Waals surface area contributed by atoms with Crippen molar-refractivity contribution in [3.8, 4) is 5.75 Å². The molecular formula is C31H36N2O4. The van der Waals surface area contributed by atoms with Gasteiger partial charge < -0.3 is 18.9 Å². The van der Waals surface area contributed by atoms with Crippen molar-refractivity contribution in [2.24, 2.45) is 5.16 Å². The van der Waals surface area contributed by atoms with Gasteiger partial charge in [-0.3, -0.25) is 4.79 Å². The number of hydrogen-bond acceptors (Lipinski definition) is 5. The summed E-state index contributed by atoms with van der Waals surface area (Å²) in [7, 11) is 1.45. The molecule has 0 spiro atoms. The summed E-state index contributed by atoms with van der Waals surface area (Å²) in [6, 6.07) is 18.5. The lowest BCUT2D eigenvalue weighted by Crippen LogP contribution is -2.16. The van der Waals surface area contributed by atoms with Crippen LogP contribution in [0.4, 0.5) is 0 Å². The van der Waals surface area contributed by atoms with Crippen LogP contribution in [0.15, 0.2) is 59.8 Å². The number of aromatic nitrogens is 1. The first kappa shape index (κ1) is 26.4. The molecule has 0 N–H and O–H groups in total. The number of ketones is 1. The monoisotopic (exact) mass is 500 g/mol. The number of nitrogens with zero attached hydrogens (tertiary/aromatic N) is 2. The van der Waals surface area contributed by atoms with Crippen molar-refractivity contribution in [3.05, 3.63) is 76.9 Å².